The van der Waals surface area contributed by atoms with Gasteiger partial charge in [0.25, 0.3) is 0 Å². The highest BCUT2D eigenvalue weighted by Gasteiger charge is 2.08. The van der Waals surface area contributed by atoms with Crippen LogP contribution in [0.2, 0.25) is 0 Å². The Hall–Kier alpha value is -2.10. The third kappa shape index (κ3) is 1.22. The minimum absolute atomic E-state index is 0.791. The molecule has 0 saturated carbocycles. The minimum atomic E-state index is 0.791. The molecule has 4 nitrogen and oxygen atoms in total. The van der Waals surface area contributed by atoms with Crippen molar-refractivity contribution in [2.75, 3.05) is 0 Å². The highest BCUT2D eigenvalue weighted by Crippen LogP contribution is 2.25. The van der Waals surface area contributed by atoms with Crippen LogP contribution < -0.4 is 0 Å². The molecule has 4 heteroatoms. The second-order valence-corrected chi connectivity index (χ2v) is 3.39. The molecule has 0 radical (unpaired) electrons. The Kier molecular flexibility index (Phi) is 1.62. The molecule has 0 saturated heterocycles. The molecule has 0 unspecified atom stereocenters. The first kappa shape index (κ1) is 8.23. The number of oxazole rings is 1. The van der Waals surface area contributed by atoms with E-state index in [1.807, 2.05) is 25.1 Å². The van der Waals surface area contributed by atoms with Crippen LogP contribution in [-0.4, -0.2) is 15.0 Å². The molecule has 2 heterocycles. The Morgan fingerprint density at radius 3 is 3.00 bits per heavy atom. The van der Waals surface area contributed by atoms with Crippen molar-refractivity contribution >= 4 is 11.1 Å². The van der Waals surface area contributed by atoms with E-state index in [0.29, 0.717) is 0 Å². The third-order valence-corrected chi connectivity index (χ3v) is 2.35. The second-order valence-electron chi connectivity index (χ2n) is 3.39. The minimum Gasteiger partial charge on any atom is -0.443 e. The Balaban J connectivity index is 2.30. The number of hydrogen-bond acceptors (Lipinski definition) is 3. The second kappa shape index (κ2) is 2.95. The van der Waals surface area contributed by atoms with E-state index in [1.54, 1.807) is 6.20 Å². The van der Waals surface area contributed by atoms with Crippen molar-refractivity contribution in [3.63, 3.8) is 0 Å². The molecule has 0 amide bonds. The Morgan fingerprint density at radius 2 is 2.20 bits per heavy atom. The van der Waals surface area contributed by atoms with E-state index < -0.39 is 0 Å². The summed E-state index contributed by atoms with van der Waals surface area (Å²) in [7, 11) is 0. The van der Waals surface area contributed by atoms with Crippen LogP contribution in [0.3, 0.4) is 0 Å². The molecular formula is C11H9N3O. The largest absolute Gasteiger partial charge is 0.443 e. The number of benzene rings is 1. The van der Waals surface area contributed by atoms with Crippen LogP contribution in [0.4, 0.5) is 0 Å². The van der Waals surface area contributed by atoms with Crippen LogP contribution in [0.5, 0.6) is 0 Å². The summed E-state index contributed by atoms with van der Waals surface area (Å²) in [5, 5.41) is 0. The van der Waals surface area contributed by atoms with Crippen molar-refractivity contribution in [1.29, 1.82) is 0 Å². The predicted molar refractivity (Wildman–Crippen MR) is 56.3 cm³/mol. The average molecular weight is 199 g/mol. The average Bonchev–Trinajstić information content (AvgIpc) is 2.84. The van der Waals surface area contributed by atoms with Gasteiger partial charge in [-0.1, -0.05) is 12.1 Å². The normalized spacial score (nSPS) is 11.0. The number of nitrogens with zero attached hydrogens (tertiary/aromatic N) is 2. The summed E-state index contributed by atoms with van der Waals surface area (Å²) in [6.45, 7) is 1.92. The molecule has 0 aliphatic rings. The number of imidazole rings is 1. The van der Waals surface area contributed by atoms with Crippen LogP contribution in [-0.2, 0) is 0 Å². The number of fused-ring (bicyclic) bond motifs is 1. The SMILES string of the molecule is Cc1ncc(-c2cccc3ocnc23)[nH]1. The van der Waals surface area contributed by atoms with Gasteiger partial charge in [-0.15, -0.1) is 0 Å². The summed E-state index contributed by atoms with van der Waals surface area (Å²) in [4.78, 5) is 11.5. The number of hydrogen-bond donors (Lipinski definition) is 1. The van der Waals surface area contributed by atoms with Crippen molar-refractivity contribution in [3.05, 3.63) is 36.6 Å². The van der Waals surface area contributed by atoms with Crippen LogP contribution in [0, 0.1) is 6.92 Å². The predicted octanol–water partition coefficient (Wildman–Crippen LogP) is 2.53. The van der Waals surface area contributed by atoms with E-state index >= 15 is 0 Å². The molecule has 1 aromatic carbocycles. The topological polar surface area (TPSA) is 54.7 Å². The summed E-state index contributed by atoms with van der Waals surface area (Å²) in [6.07, 6.45) is 3.26. The quantitative estimate of drug-likeness (QED) is 0.655. The monoisotopic (exact) mass is 199 g/mol. The zero-order valence-corrected chi connectivity index (χ0v) is 8.19. The smallest absolute Gasteiger partial charge is 0.182 e. The van der Waals surface area contributed by atoms with Gasteiger partial charge in [-0.3, -0.25) is 0 Å². The van der Waals surface area contributed by atoms with Gasteiger partial charge in [0.2, 0.25) is 0 Å². The highest BCUT2D eigenvalue weighted by atomic mass is 16.3. The molecule has 3 aromatic rings. The van der Waals surface area contributed by atoms with Gasteiger partial charge in [-0.2, -0.15) is 0 Å². The first-order valence-electron chi connectivity index (χ1n) is 4.69. The molecule has 2 aromatic heterocycles. The maximum Gasteiger partial charge on any atom is 0.182 e. The van der Waals surface area contributed by atoms with Gasteiger partial charge in [0.1, 0.15) is 11.3 Å². The lowest BCUT2D eigenvalue weighted by Gasteiger charge is -1.96. The van der Waals surface area contributed by atoms with Crippen molar-refractivity contribution in [2.24, 2.45) is 0 Å². The molecule has 0 bridgehead atoms. The van der Waals surface area contributed by atoms with Gasteiger partial charge in [0.05, 0.1) is 11.9 Å². The highest BCUT2D eigenvalue weighted by molar-refractivity contribution is 5.89. The van der Waals surface area contributed by atoms with Crippen molar-refractivity contribution in [1.82, 2.24) is 15.0 Å². The molecule has 0 atom stereocenters. The lowest BCUT2D eigenvalue weighted by molar-refractivity contribution is 0.602. The van der Waals surface area contributed by atoms with Crippen molar-refractivity contribution < 1.29 is 4.42 Å². The van der Waals surface area contributed by atoms with Gasteiger partial charge < -0.3 is 9.40 Å². The molecular weight excluding hydrogens is 190 g/mol. The third-order valence-electron chi connectivity index (χ3n) is 2.35. The van der Waals surface area contributed by atoms with Gasteiger partial charge in [-0.25, -0.2) is 9.97 Å². The zero-order valence-electron chi connectivity index (χ0n) is 8.19. The molecule has 0 spiro atoms. The summed E-state index contributed by atoms with van der Waals surface area (Å²) < 4.78 is 5.24. The Morgan fingerprint density at radius 1 is 1.27 bits per heavy atom. The fraction of sp³-hybridized carbons (Fsp3) is 0.0909. The standard InChI is InChI=1S/C11H9N3O/c1-7-12-5-9(14-7)8-3-2-4-10-11(8)13-6-15-10/h2-6H,1H3,(H,12,14). The molecule has 15 heavy (non-hydrogen) atoms. The summed E-state index contributed by atoms with van der Waals surface area (Å²) in [5.74, 6) is 0.894. The van der Waals surface area contributed by atoms with Crippen molar-refractivity contribution in [3.8, 4) is 11.3 Å². The van der Waals surface area contributed by atoms with E-state index in [4.69, 9.17) is 4.42 Å². The Bertz CT molecular complexity index is 609. The number of aromatic amines is 1. The van der Waals surface area contributed by atoms with E-state index in [1.165, 1.54) is 6.39 Å². The van der Waals surface area contributed by atoms with Gasteiger partial charge in [0, 0.05) is 5.56 Å². The summed E-state index contributed by atoms with van der Waals surface area (Å²) in [5.41, 5.74) is 3.63. The number of para-hydroxylation sites is 1. The van der Waals surface area contributed by atoms with Crippen LogP contribution in [0.25, 0.3) is 22.4 Å². The lowest BCUT2D eigenvalue weighted by Crippen LogP contribution is -1.80. The number of aryl methyl sites for hydroxylation is 1. The van der Waals surface area contributed by atoms with Gasteiger partial charge >= 0.3 is 0 Å². The molecule has 3 rings (SSSR count). The van der Waals surface area contributed by atoms with E-state index in [9.17, 15) is 0 Å². The number of rotatable bonds is 1. The fourth-order valence-electron chi connectivity index (χ4n) is 1.66. The number of H-pyrrole nitrogens is 1. The molecule has 1 N–H and O–H groups in total. The molecule has 0 fully saturated rings. The van der Waals surface area contributed by atoms with Gasteiger partial charge in [-0.05, 0) is 13.0 Å². The first-order chi connectivity index (χ1) is 7.34. The molecule has 0 aliphatic heterocycles. The molecule has 0 aliphatic carbocycles. The first-order valence-corrected chi connectivity index (χ1v) is 4.69. The zero-order chi connectivity index (χ0) is 10.3. The number of aromatic nitrogens is 3. The van der Waals surface area contributed by atoms with E-state index in [-0.39, 0.29) is 0 Å². The Labute approximate surface area is 86.0 Å². The van der Waals surface area contributed by atoms with E-state index in [0.717, 1.165) is 28.2 Å². The maximum absolute atomic E-state index is 5.24. The lowest BCUT2D eigenvalue weighted by atomic mass is 10.1. The van der Waals surface area contributed by atoms with Gasteiger partial charge in [0.15, 0.2) is 12.0 Å². The fourth-order valence-corrected chi connectivity index (χ4v) is 1.66. The van der Waals surface area contributed by atoms with Crippen molar-refractivity contribution in [2.45, 2.75) is 6.92 Å². The van der Waals surface area contributed by atoms with Crippen LogP contribution in [0.15, 0.2) is 35.2 Å². The summed E-state index contributed by atoms with van der Waals surface area (Å²) >= 11 is 0. The number of nitrogens with one attached hydrogen (secondary N) is 1. The molecule has 74 valence electrons. The van der Waals surface area contributed by atoms with Crippen LogP contribution >= 0.6 is 0 Å². The van der Waals surface area contributed by atoms with Crippen LogP contribution in [0.1, 0.15) is 5.82 Å². The summed E-state index contributed by atoms with van der Waals surface area (Å²) in [6, 6.07) is 5.84. The van der Waals surface area contributed by atoms with E-state index in [2.05, 4.69) is 15.0 Å². The maximum atomic E-state index is 5.24.